The number of ether oxygens (including phenoxy) is 1. The van der Waals surface area contributed by atoms with Crippen molar-refractivity contribution in [1.82, 2.24) is 0 Å². The highest BCUT2D eigenvalue weighted by Gasteiger charge is 2.11. The first-order valence-electron chi connectivity index (χ1n) is 8.27. The fourth-order valence-electron chi connectivity index (χ4n) is 2.38. The molecule has 0 fully saturated rings. The lowest BCUT2D eigenvalue weighted by Crippen LogP contribution is -2.22. The first-order valence-corrected chi connectivity index (χ1v) is 9.06. The molecule has 2 N–H and O–H groups in total. The molecule has 0 amide bonds. The van der Waals surface area contributed by atoms with Crippen LogP contribution in [0.15, 0.2) is 22.7 Å². The Morgan fingerprint density at radius 1 is 1.19 bits per heavy atom. The third-order valence-corrected chi connectivity index (χ3v) is 4.54. The zero-order valence-electron chi connectivity index (χ0n) is 13.7. The highest BCUT2D eigenvalue weighted by Crippen LogP contribution is 2.26. The maximum absolute atomic E-state index is 6.11. The molecule has 21 heavy (non-hydrogen) atoms. The molecule has 2 atom stereocenters. The molecule has 0 saturated heterocycles. The van der Waals surface area contributed by atoms with Crippen molar-refractivity contribution < 1.29 is 4.74 Å². The lowest BCUT2D eigenvalue weighted by atomic mass is 10.0. The van der Waals surface area contributed by atoms with Gasteiger partial charge in [0.25, 0.3) is 0 Å². The van der Waals surface area contributed by atoms with E-state index in [2.05, 4.69) is 48.8 Å². The Labute approximate surface area is 138 Å². The largest absolute Gasteiger partial charge is 0.493 e. The van der Waals surface area contributed by atoms with Crippen LogP contribution in [0, 0.1) is 5.92 Å². The molecule has 1 aromatic rings. The molecule has 0 saturated carbocycles. The summed E-state index contributed by atoms with van der Waals surface area (Å²) in [5, 5.41) is 0. The molecule has 2 unspecified atom stereocenters. The standard InChI is InChI=1S/C18H30BrNO/c1-4-7-8-14(5-2)13-21-18-10-9-16(19)11-15(18)12-17(20)6-3/h9-11,14,17H,4-8,12-13,20H2,1-3H3. The van der Waals surface area contributed by atoms with Gasteiger partial charge in [-0.05, 0) is 48.9 Å². The fraction of sp³-hybridized carbons (Fsp3) is 0.667. The second-order valence-corrected chi connectivity index (χ2v) is 6.77. The molecule has 3 heteroatoms. The number of unbranched alkanes of at least 4 members (excludes halogenated alkanes) is 1. The van der Waals surface area contributed by atoms with Crippen molar-refractivity contribution in [3.63, 3.8) is 0 Å². The summed E-state index contributed by atoms with van der Waals surface area (Å²) < 4.78 is 7.20. The minimum Gasteiger partial charge on any atom is -0.493 e. The van der Waals surface area contributed by atoms with Gasteiger partial charge in [0.1, 0.15) is 5.75 Å². The van der Waals surface area contributed by atoms with Crippen LogP contribution in [-0.2, 0) is 6.42 Å². The van der Waals surface area contributed by atoms with Crippen molar-refractivity contribution in [3.8, 4) is 5.75 Å². The maximum Gasteiger partial charge on any atom is 0.122 e. The van der Waals surface area contributed by atoms with E-state index in [4.69, 9.17) is 10.5 Å². The van der Waals surface area contributed by atoms with Crippen LogP contribution in [0.2, 0.25) is 0 Å². The quantitative estimate of drug-likeness (QED) is 0.615. The van der Waals surface area contributed by atoms with Crippen LogP contribution in [0.4, 0.5) is 0 Å². The average molecular weight is 356 g/mol. The predicted molar refractivity (Wildman–Crippen MR) is 94.9 cm³/mol. The minimum atomic E-state index is 0.198. The Morgan fingerprint density at radius 2 is 1.95 bits per heavy atom. The summed E-state index contributed by atoms with van der Waals surface area (Å²) in [5.74, 6) is 1.65. The summed E-state index contributed by atoms with van der Waals surface area (Å²) >= 11 is 3.54. The summed E-state index contributed by atoms with van der Waals surface area (Å²) in [6.45, 7) is 7.43. The molecule has 0 radical (unpaired) electrons. The number of rotatable bonds is 10. The first kappa shape index (κ1) is 18.5. The Balaban J connectivity index is 2.68. The zero-order chi connectivity index (χ0) is 15.7. The molecule has 2 nitrogen and oxygen atoms in total. The van der Waals surface area contributed by atoms with Gasteiger partial charge in [0.15, 0.2) is 0 Å². The molecule has 0 spiro atoms. The second kappa shape index (κ2) is 10.2. The van der Waals surface area contributed by atoms with E-state index in [-0.39, 0.29) is 6.04 Å². The number of hydrogen-bond donors (Lipinski definition) is 1. The number of benzene rings is 1. The van der Waals surface area contributed by atoms with Crippen LogP contribution in [0.25, 0.3) is 0 Å². The Bertz CT molecular complexity index is 408. The SMILES string of the molecule is CCCCC(CC)COc1ccc(Br)cc1CC(N)CC. The molecule has 0 aliphatic heterocycles. The monoisotopic (exact) mass is 355 g/mol. The molecular weight excluding hydrogens is 326 g/mol. The third kappa shape index (κ3) is 6.84. The zero-order valence-corrected chi connectivity index (χ0v) is 15.3. The van der Waals surface area contributed by atoms with E-state index in [0.717, 1.165) is 29.7 Å². The molecule has 0 aromatic heterocycles. The van der Waals surface area contributed by atoms with Gasteiger partial charge in [-0.25, -0.2) is 0 Å². The van der Waals surface area contributed by atoms with Crippen molar-refractivity contribution >= 4 is 15.9 Å². The molecule has 1 rings (SSSR count). The van der Waals surface area contributed by atoms with Gasteiger partial charge >= 0.3 is 0 Å². The van der Waals surface area contributed by atoms with E-state index < -0.39 is 0 Å². The summed E-state index contributed by atoms with van der Waals surface area (Å²) in [7, 11) is 0. The van der Waals surface area contributed by atoms with E-state index in [0.29, 0.717) is 5.92 Å². The summed E-state index contributed by atoms with van der Waals surface area (Å²) in [5.41, 5.74) is 7.31. The van der Waals surface area contributed by atoms with Crippen molar-refractivity contribution in [3.05, 3.63) is 28.2 Å². The van der Waals surface area contributed by atoms with E-state index in [9.17, 15) is 0 Å². The molecule has 0 aliphatic carbocycles. The van der Waals surface area contributed by atoms with Crippen LogP contribution in [0.3, 0.4) is 0 Å². The Hall–Kier alpha value is -0.540. The minimum absolute atomic E-state index is 0.198. The van der Waals surface area contributed by atoms with E-state index in [1.165, 1.54) is 31.2 Å². The van der Waals surface area contributed by atoms with E-state index in [1.807, 2.05) is 6.07 Å². The third-order valence-electron chi connectivity index (χ3n) is 4.05. The van der Waals surface area contributed by atoms with Gasteiger partial charge in [-0.15, -0.1) is 0 Å². The van der Waals surface area contributed by atoms with Crippen LogP contribution in [-0.4, -0.2) is 12.6 Å². The van der Waals surface area contributed by atoms with Crippen LogP contribution in [0.5, 0.6) is 5.75 Å². The summed E-state index contributed by atoms with van der Waals surface area (Å²) in [6.07, 6.45) is 6.84. The lowest BCUT2D eigenvalue weighted by molar-refractivity contribution is 0.231. The van der Waals surface area contributed by atoms with E-state index in [1.54, 1.807) is 0 Å². The van der Waals surface area contributed by atoms with Gasteiger partial charge in [0.05, 0.1) is 6.61 Å². The van der Waals surface area contributed by atoms with Crippen LogP contribution >= 0.6 is 15.9 Å². The fourth-order valence-corrected chi connectivity index (χ4v) is 2.79. The van der Waals surface area contributed by atoms with Gasteiger partial charge < -0.3 is 10.5 Å². The van der Waals surface area contributed by atoms with E-state index >= 15 is 0 Å². The summed E-state index contributed by atoms with van der Waals surface area (Å²) in [6, 6.07) is 6.44. The van der Waals surface area contributed by atoms with Crippen LogP contribution < -0.4 is 10.5 Å². The van der Waals surface area contributed by atoms with Crippen LogP contribution in [0.1, 0.15) is 58.4 Å². The molecule has 0 heterocycles. The van der Waals surface area contributed by atoms with Crippen molar-refractivity contribution in [2.75, 3.05) is 6.61 Å². The Morgan fingerprint density at radius 3 is 2.57 bits per heavy atom. The van der Waals surface area contributed by atoms with Gasteiger partial charge in [-0.1, -0.05) is 56.0 Å². The molecule has 1 aromatic carbocycles. The normalized spacial score (nSPS) is 14.0. The van der Waals surface area contributed by atoms with Gasteiger partial charge in [-0.2, -0.15) is 0 Å². The first-order chi connectivity index (χ1) is 10.1. The molecule has 0 bridgehead atoms. The highest BCUT2D eigenvalue weighted by atomic mass is 79.9. The highest BCUT2D eigenvalue weighted by molar-refractivity contribution is 9.10. The van der Waals surface area contributed by atoms with Gasteiger partial charge in [0, 0.05) is 10.5 Å². The van der Waals surface area contributed by atoms with Crippen molar-refractivity contribution in [2.45, 2.75) is 65.3 Å². The smallest absolute Gasteiger partial charge is 0.122 e. The predicted octanol–water partition coefficient (Wildman–Crippen LogP) is 5.32. The molecule has 120 valence electrons. The molecular formula is C18H30BrNO. The van der Waals surface area contributed by atoms with Crippen molar-refractivity contribution in [1.29, 1.82) is 0 Å². The Kier molecular flexibility index (Phi) is 9.02. The lowest BCUT2D eigenvalue weighted by Gasteiger charge is -2.19. The number of nitrogens with two attached hydrogens (primary N) is 1. The maximum atomic E-state index is 6.11. The van der Waals surface area contributed by atoms with Gasteiger partial charge in [0.2, 0.25) is 0 Å². The summed E-state index contributed by atoms with van der Waals surface area (Å²) in [4.78, 5) is 0. The average Bonchev–Trinajstić information content (AvgIpc) is 2.49. The number of halogens is 1. The van der Waals surface area contributed by atoms with Crippen molar-refractivity contribution in [2.24, 2.45) is 11.7 Å². The molecule has 0 aliphatic rings. The number of hydrogen-bond acceptors (Lipinski definition) is 2. The second-order valence-electron chi connectivity index (χ2n) is 5.85. The van der Waals surface area contributed by atoms with Gasteiger partial charge in [-0.3, -0.25) is 0 Å². The topological polar surface area (TPSA) is 35.2 Å².